The zero-order valence-electron chi connectivity index (χ0n) is 34.5. The third kappa shape index (κ3) is 11.2. The molecule has 0 spiro atoms. The molecule has 4 heterocycles. The maximum Gasteiger partial charge on any atom is 0.254 e. The van der Waals surface area contributed by atoms with Crippen molar-refractivity contribution >= 4 is 52.4 Å². The average Bonchev–Trinajstić information content (AvgIpc) is 3.61. The van der Waals surface area contributed by atoms with Crippen LogP contribution in [0.15, 0.2) is 74.1 Å². The summed E-state index contributed by atoms with van der Waals surface area (Å²) in [5.74, 6) is -1.19. The number of carbonyl (C=O) groups excluding carboxylic acids is 4. The lowest BCUT2D eigenvalue weighted by Crippen LogP contribution is -2.43. The van der Waals surface area contributed by atoms with Gasteiger partial charge in [-0.3, -0.25) is 34.1 Å². The summed E-state index contributed by atoms with van der Waals surface area (Å²) in [6.07, 6.45) is 17.5. The van der Waals surface area contributed by atoms with Crippen molar-refractivity contribution in [2.45, 2.75) is 95.1 Å². The number of amides is 4. The average molecular weight is 821 g/mol. The van der Waals surface area contributed by atoms with Crippen molar-refractivity contribution in [3.8, 4) is 11.3 Å². The van der Waals surface area contributed by atoms with Crippen LogP contribution in [0, 0.1) is 5.82 Å². The maximum absolute atomic E-state index is 14.4. The Kier molecular flexibility index (Phi) is 15.5. The van der Waals surface area contributed by atoms with E-state index in [4.69, 9.17) is 0 Å². The standard InChI is InChI=1S/C21H23FN4O.C17H21N5O2.C7H13NO/c1-3-19(27)26(4-2)17-12-8-9-15(13-17)20-18(22)14-23-21(25-20)24-16-10-6-5-7-11-16;1-21-14-10-11(22-8-6-18-7-9-22)2-3-12(14)16(20-21)13-4-5-15(23)19-17(13)24;9-6-8-7-4-2-1-3-5-7/h3-4,8-9,12-14,16H,1-2,5-7,10-11H2,(H,23,24,25);2-3,10,13,18H,4-9H2,1H3,(H,19,23,24);6-7H,1-5H2,(H,8,9). The fourth-order valence-electron chi connectivity index (χ4n) is 8.26. The number of piperazine rings is 1. The topological polar surface area (TPSA) is 166 Å². The number of nitrogens with one attached hydrogen (secondary N) is 4. The molecule has 4 aromatic rings. The fraction of sp³-hybridized carbons (Fsp3) is 0.444. The van der Waals surface area contributed by atoms with Crippen LogP contribution in [0.25, 0.3) is 22.2 Å². The van der Waals surface area contributed by atoms with E-state index in [1.165, 1.54) is 80.4 Å². The van der Waals surface area contributed by atoms with Gasteiger partial charge in [0.05, 0.1) is 23.3 Å². The normalized spacial score (nSPS) is 18.5. The van der Waals surface area contributed by atoms with Crippen LogP contribution in [-0.4, -0.2) is 82.1 Å². The quantitative estimate of drug-likeness (QED) is 0.0816. The van der Waals surface area contributed by atoms with Crippen LogP contribution in [0.4, 0.5) is 21.7 Å². The van der Waals surface area contributed by atoms with E-state index < -0.39 is 5.82 Å². The van der Waals surface area contributed by atoms with E-state index in [-0.39, 0.29) is 29.3 Å². The second-order valence-corrected chi connectivity index (χ2v) is 15.6. The Bertz CT molecular complexity index is 2140. The molecule has 4 aliphatic rings. The molecule has 60 heavy (non-hydrogen) atoms. The van der Waals surface area contributed by atoms with E-state index in [0.29, 0.717) is 42.1 Å². The molecule has 4 fully saturated rings. The predicted octanol–water partition coefficient (Wildman–Crippen LogP) is 6.26. The van der Waals surface area contributed by atoms with Crippen LogP contribution in [-0.2, 0) is 26.2 Å². The van der Waals surface area contributed by atoms with Crippen LogP contribution in [0.2, 0.25) is 0 Å². The summed E-state index contributed by atoms with van der Waals surface area (Å²) in [6, 6.07) is 14.0. The number of anilines is 3. The SMILES string of the molecule is C=CC(=O)N(C=C)c1cccc(-c2nc(NC3CCCCC3)ncc2F)c1.Cn1nc(C2CCC(=O)NC2=O)c2ccc(N3CCNCC3)cc21.O=CNC1CCCCC1. The lowest BCUT2D eigenvalue weighted by Gasteiger charge is -2.29. The van der Waals surface area contributed by atoms with Gasteiger partial charge in [0.2, 0.25) is 24.2 Å². The highest BCUT2D eigenvalue weighted by atomic mass is 19.1. The minimum absolute atomic E-state index is 0.195. The van der Waals surface area contributed by atoms with Crippen molar-refractivity contribution in [3.63, 3.8) is 0 Å². The highest BCUT2D eigenvalue weighted by Gasteiger charge is 2.32. The molecule has 8 rings (SSSR count). The van der Waals surface area contributed by atoms with E-state index in [1.54, 1.807) is 24.3 Å². The van der Waals surface area contributed by atoms with Gasteiger partial charge in [-0.15, -0.1) is 0 Å². The molecule has 1 unspecified atom stereocenters. The van der Waals surface area contributed by atoms with Crippen LogP contribution < -0.4 is 31.1 Å². The van der Waals surface area contributed by atoms with Gasteiger partial charge in [0.25, 0.3) is 5.91 Å². The molecule has 4 amide bonds. The number of benzene rings is 2. The van der Waals surface area contributed by atoms with E-state index in [2.05, 4.69) is 72.6 Å². The van der Waals surface area contributed by atoms with E-state index in [1.807, 2.05) is 11.7 Å². The Morgan fingerprint density at radius 3 is 2.33 bits per heavy atom. The van der Waals surface area contributed by atoms with Crippen molar-refractivity contribution in [2.75, 3.05) is 41.3 Å². The number of fused-ring (bicyclic) bond motifs is 1. The molecule has 2 aliphatic heterocycles. The predicted molar refractivity (Wildman–Crippen MR) is 233 cm³/mol. The summed E-state index contributed by atoms with van der Waals surface area (Å²) in [5, 5.41) is 17.5. The summed E-state index contributed by atoms with van der Waals surface area (Å²) in [6.45, 7) is 11.1. The zero-order valence-corrected chi connectivity index (χ0v) is 34.5. The molecule has 318 valence electrons. The number of hydrogen-bond donors (Lipinski definition) is 4. The van der Waals surface area contributed by atoms with Crippen molar-refractivity contribution in [3.05, 3.63) is 85.6 Å². The summed E-state index contributed by atoms with van der Waals surface area (Å²) < 4.78 is 16.2. The number of piperidine rings is 1. The second kappa shape index (κ2) is 21.3. The van der Waals surface area contributed by atoms with E-state index in [0.717, 1.165) is 62.0 Å². The summed E-state index contributed by atoms with van der Waals surface area (Å²) in [7, 11) is 1.90. The molecule has 2 aromatic heterocycles. The van der Waals surface area contributed by atoms with Crippen molar-refractivity contribution < 1.29 is 23.6 Å². The number of imide groups is 1. The van der Waals surface area contributed by atoms with Crippen LogP contribution in [0.3, 0.4) is 0 Å². The summed E-state index contributed by atoms with van der Waals surface area (Å²) >= 11 is 0. The Labute approximate surface area is 351 Å². The Morgan fingerprint density at radius 2 is 1.67 bits per heavy atom. The monoisotopic (exact) mass is 820 g/mol. The molecule has 0 radical (unpaired) electrons. The van der Waals surface area contributed by atoms with Crippen LogP contribution in [0.5, 0.6) is 0 Å². The van der Waals surface area contributed by atoms with Crippen molar-refractivity contribution in [2.24, 2.45) is 7.05 Å². The molecule has 0 bridgehead atoms. The smallest absolute Gasteiger partial charge is 0.254 e. The molecule has 2 aromatic carbocycles. The third-order valence-corrected chi connectivity index (χ3v) is 11.5. The highest BCUT2D eigenvalue weighted by Crippen LogP contribution is 2.33. The first-order chi connectivity index (χ1) is 29.2. The zero-order chi connectivity index (χ0) is 42.4. The van der Waals surface area contributed by atoms with Gasteiger partial charge in [-0.05, 0) is 68.5 Å². The molecule has 4 N–H and O–H groups in total. The van der Waals surface area contributed by atoms with Crippen LogP contribution in [0.1, 0.15) is 88.7 Å². The molecular formula is C45H57FN10O4. The first kappa shape index (κ1) is 43.6. The number of halogens is 1. The number of nitrogens with zero attached hydrogens (tertiary/aromatic N) is 6. The lowest BCUT2D eigenvalue weighted by atomic mass is 9.93. The van der Waals surface area contributed by atoms with Crippen molar-refractivity contribution in [1.82, 2.24) is 35.7 Å². The van der Waals surface area contributed by atoms with Gasteiger partial charge in [-0.2, -0.15) is 5.10 Å². The first-order valence-corrected chi connectivity index (χ1v) is 21.1. The number of aryl methyl sites for hydroxylation is 1. The van der Waals surface area contributed by atoms with E-state index >= 15 is 0 Å². The molecule has 2 saturated heterocycles. The van der Waals surface area contributed by atoms with Gasteiger partial charge >= 0.3 is 0 Å². The van der Waals surface area contributed by atoms with Gasteiger partial charge in [0, 0.05) is 80.3 Å². The molecular weight excluding hydrogens is 764 g/mol. The highest BCUT2D eigenvalue weighted by molar-refractivity contribution is 6.03. The van der Waals surface area contributed by atoms with Gasteiger partial charge in [-0.25, -0.2) is 14.4 Å². The van der Waals surface area contributed by atoms with Gasteiger partial charge in [-0.1, -0.05) is 63.8 Å². The Balaban J connectivity index is 0.000000168. The largest absolute Gasteiger partial charge is 0.369 e. The number of carbonyl (C=O) groups is 4. The molecule has 2 aliphatic carbocycles. The molecule has 2 saturated carbocycles. The maximum atomic E-state index is 14.4. The first-order valence-electron chi connectivity index (χ1n) is 21.1. The van der Waals surface area contributed by atoms with Gasteiger partial charge in [0.1, 0.15) is 5.69 Å². The fourth-order valence-corrected chi connectivity index (χ4v) is 8.26. The lowest BCUT2D eigenvalue weighted by molar-refractivity contribution is -0.134. The van der Waals surface area contributed by atoms with Crippen LogP contribution >= 0.6 is 0 Å². The Hall–Kier alpha value is -5.96. The van der Waals surface area contributed by atoms with Gasteiger partial charge in [0.15, 0.2) is 5.82 Å². The minimum Gasteiger partial charge on any atom is -0.369 e. The van der Waals surface area contributed by atoms with E-state index in [9.17, 15) is 23.6 Å². The molecule has 1 atom stereocenters. The summed E-state index contributed by atoms with van der Waals surface area (Å²) in [4.78, 5) is 57.6. The Morgan fingerprint density at radius 1 is 0.950 bits per heavy atom. The van der Waals surface area contributed by atoms with Gasteiger partial charge < -0.3 is 20.9 Å². The minimum atomic E-state index is -0.512. The summed E-state index contributed by atoms with van der Waals surface area (Å²) in [5.41, 5.74) is 4.28. The number of aromatic nitrogens is 4. The number of hydrogen-bond acceptors (Lipinski definition) is 10. The third-order valence-electron chi connectivity index (χ3n) is 11.5. The number of rotatable bonds is 10. The second-order valence-electron chi connectivity index (χ2n) is 15.6. The molecule has 14 nitrogen and oxygen atoms in total. The molecule has 15 heteroatoms. The van der Waals surface area contributed by atoms with Crippen molar-refractivity contribution in [1.29, 1.82) is 0 Å².